The molecule has 2 N–H and O–H groups in total. The number of thioether (sulfide) groups is 1. The van der Waals surface area contributed by atoms with Crippen LogP contribution in [-0.4, -0.2) is 35.1 Å². The van der Waals surface area contributed by atoms with Gasteiger partial charge in [-0.15, -0.1) is 23.1 Å². The van der Waals surface area contributed by atoms with Gasteiger partial charge in [0.15, 0.2) is 6.61 Å². The van der Waals surface area contributed by atoms with Crippen LogP contribution in [0.4, 0.5) is 11.4 Å². The molecular formula is C21H17N3O4S2. The molecule has 152 valence electrons. The monoisotopic (exact) mass is 439 g/mol. The van der Waals surface area contributed by atoms with E-state index in [1.54, 1.807) is 35.6 Å². The van der Waals surface area contributed by atoms with Gasteiger partial charge >= 0.3 is 5.97 Å². The lowest BCUT2D eigenvalue weighted by Crippen LogP contribution is -2.22. The molecule has 3 aromatic rings. The fourth-order valence-corrected chi connectivity index (χ4v) is 4.28. The Labute approximate surface area is 180 Å². The summed E-state index contributed by atoms with van der Waals surface area (Å²) >= 11 is 2.96. The van der Waals surface area contributed by atoms with Gasteiger partial charge in [-0.25, -0.2) is 9.78 Å². The minimum Gasteiger partial charge on any atom is -0.452 e. The second kappa shape index (κ2) is 8.68. The van der Waals surface area contributed by atoms with E-state index in [4.69, 9.17) is 4.74 Å². The van der Waals surface area contributed by atoms with Crippen molar-refractivity contribution in [3.63, 3.8) is 0 Å². The summed E-state index contributed by atoms with van der Waals surface area (Å²) in [4.78, 5) is 41.3. The number of ether oxygens (including phenoxy) is 1. The van der Waals surface area contributed by atoms with Crippen LogP contribution in [0.3, 0.4) is 0 Å². The fourth-order valence-electron chi connectivity index (χ4n) is 2.87. The number of aromatic nitrogens is 1. The minimum atomic E-state index is -0.635. The summed E-state index contributed by atoms with van der Waals surface area (Å²) in [5.41, 5.74) is 3.17. The maximum Gasteiger partial charge on any atom is 0.338 e. The van der Waals surface area contributed by atoms with Gasteiger partial charge in [0.2, 0.25) is 5.91 Å². The number of aryl methyl sites for hydroxylation is 1. The lowest BCUT2D eigenvalue weighted by atomic mass is 10.1. The highest BCUT2D eigenvalue weighted by atomic mass is 32.2. The average Bonchev–Trinajstić information content (AvgIpc) is 3.18. The number of anilines is 2. The molecule has 4 rings (SSSR count). The highest BCUT2D eigenvalue weighted by Crippen LogP contribution is 2.32. The van der Waals surface area contributed by atoms with Crippen molar-refractivity contribution < 1.29 is 19.1 Å². The molecule has 2 aromatic carbocycles. The number of benzene rings is 2. The van der Waals surface area contributed by atoms with Crippen LogP contribution in [-0.2, 0) is 14.3 Å². The molecule has 2 amide bonds. The lowest BCUT2D eigenvalue weighted by Gasteiger charge is -2.16. The summed E-state index contributed by atoms with van der Waals surface area (Å²) in [6.07, 6.45) is 0. The molecule has 0 unspecified atom stereocenters. The standard InChI is InChI=1S/C21H17N3O4S2/c1-12-22-17(10-29-12)13-3-2-4-15(7-13)23-19(25)9-28-21(27)14-5-6-18-16(8-14)24-20(26)11-30-18/h2-8,10H,9,11H2,1H3,(H,23,25)(H,24,26). The van der Waals surface area contributed by atoms with Crippen molar-refractivity contribution in [1.82, 2.24) is 4.98 Å². The molecule has 1 aliphatic rings. The third-order valence-corrected chi connectivity index (χ3v) is 6.09. The second-order valence-electron chi connectivity index (χ2n) is 6.50. The van der Waals surface area contributed by atoms with Crippen molar-refractivity contribution in [2.45, 2.75) is 11.8 Å². The van der Waals surface area contributed by atoms with Crippen molar-refractivity contribution in [3.05, 3.63) is 58.4 Å². The number of nitrogens with zero attached hydrogens (tertiary/aromatic N) is 1. The van der Waals surface area contributed by atoms with Crippen LogP contribution in [0, 0.1) is 6.92 Å². The number of carbonyl (C=O) groups is 3. The molecule has 0 atom stereocenters. The van der Waals surface area contributed by atoms with Crippen molar-refractivity contribution >= 4 is 52.3 Å². The Hall–Kier alpha value is -3.17. The van der Waals surface area contributed by atoms with E-state index in [1.165, 1.54) is 11.8 Å². The zero-order chi connectivity index (χ0) is 21.1. The normalized spacial score (nSPS) is 12.6. The number of hydrogen-bond acceptors (Lipinski definition) is 7. The maximum atomic E-state index is 12.3. The van der Waals surface area contributed by atoms with Crippen LogP contribution in [0.1, 0.15) is 15.4 Å². The molecule has 0 aliphatic carbocycles. The lowest BCUT2D eigenvalue weighted by molar-refractivity contribution is -0.119. The van der Waals surface area contributed by atoms with Crippen molar-refractivity contribution in [1.29, 1.82) is 0 Å². The van der Waals surface area contributed by atoms with E-state index in [0.717, 1.165) is 21.2 Å². The van der Waals surface area contributed by atoms with Gasteiger partial charge in [0.25, 0.3) is 5.91 Å². The largest absolute Gasteiger partial charge is 0.452 e. The van der Waals surface area contributed by atoms with Gasteiger partial charge in [-0.05, 0) is 37.3 Å². The summed E-state index contributed by atoms with van der Waals surface area (Å²) in [6.45, 7) is 1.51. The number of hydrogen-bond donors (Lipinski definition) is 2. The van der Waals surface area contributed by atoms with Gasteiger partial charge in [-0.2, -0.15) is 0 Å². The zero-order valence-electron chi connectivity index (χ0n) is 15.9. The van der Waals surface area contributed by atoms with Gasteiger partial charge in [0.05, 0.1) is 27.7 Å². The second-order valence-corrected chi connectivity index (χ2v) is 8.58. The Morgan fingerprint density at radius 1 is 1.23 bits per heavy atom. The Kier molecular flexibility index (Phi) is 5.82. The molecule has 0 saturated carbocycles. The maximum absolute atomic E-state index is 12.3. The van der Waals surface area contributed by atoms with Crippen molar-refractivity contribution in [2.75, 3.05) is 23.0 Å². The Bertz CT molecular complexity index is 1140. The number of amides is 2. The van der Waals surface area contributed by atoms with E-state index >= 15 is 0 Å². The molecule has 0 fully saturated rings. The van der Waals surface area contributed by atoms with Crippen LogP contribution < -0.4 is 10.6 Å². The van der Waals surface area contributed by atoms with E-state index in [1.807, 2.05) is 30.5 Å². The molecule has 1 aromatic heterocycles. The minimum absolute atomic E-state index is 0.118. The Morgan fingerprint density at radius 3 is 2.90 bits per heavy atom. The van der Waals surface area contributed by atoms with E-state index in [9.17, 15) is 14.4 Å². The van der Waals surface area contributed by atoms with Crippen LogP contribution in [0.25, 0.3) is 11.3 Å². The summed E-state index contributed by atoms with van der Waals surface area (Å²) in [5, 5.41) is 8.36. The molecule has 0 bridgehead atoms. The topological polar surface area (TPSA) is 97.4 Å². The number of rotatable bonds is 5. The Morgan fingerprint density at radius 2 is 2.10 bits per heavy atom. The SMILES string of the molecule is Cc1nc(-c2cccc(NC(=O)COC(=O)c3ccc4c(c3)NC(=O)CS4)c2)cs1. The predicted molar refractivity (Wildman–Crippen MR) is 117 cm³/mol. The third-order valence-electron chi connectivity index (χ3n) is 4.24. The quantitative estimate of drug-likeness (QED) is 0.584. The first kappa shape index (κ1) is 20.1. The molecule has 1 aliphatic heterocycles. The number of carbonyl (C=O) groups excluding carboxylic acids is 3. The third kappa shape index (κ3) is 4.69. The van der Waals surface area contributed by atoms with Gasteiger partial charge in [-0.3, -0.25) is 9.59 Å². The zero-order valence-corrected chi connectivity index (χ0v) is 17.6. The van der Waals surface area contributed by atoms with Crippen molar-refractivity contribution in [3.8, 4) is 11.3 Å². The van der Waals surface area contributed by atoms with Crippen LogP contribution in [0.5, 0.6) is 0 Å². The molecule has 30 heavy (non-hydrogen) atoms. The first-order valence-corrected chi connectivity index (χ1v) is 10.9. The van der Waals surface area contributed by atoms with E-state index in [0.29, 0.717) is 17.1 Å². The molecule has 0 saturated heterocycles. The smallest absolute Gasteiger partial charge is 0.338 e. The summed E-state index contributed by atoms with van der Waals surface area (Å²) < 4.78 is 5.12. The number of nitrogens with one attached hydrogen (secondary N) is 2. The van der Waals surface area contributed by atoms with Gasteiger partial charge < -0.3 is 15.4 Å². The first-order chi connectivity index (χ1) is 14.5. The number of fused-ring (bicyclic) bond motifs is 1. The van der Waals surface area contributed by atoms with Crippen LogP contribution in [0.15, 0.2) is 52.7 Å². The van der Waals surface area contributed by atoms with E-state index < -0.39 is 18.5 Å². The molecule has 7 nitrogen and oxygen atoms in total. The number of thiazole rings is 1. The van der Waals surface area contributed by atoms with Crippen LogP contribution >= 0.6 is 23.1 Å². The van der Waals surface area contributed by atoms with Crippen molar-refractivity contribution in [2.24, 2.45) is 0 Å². The molecule has 0 spiro atoms. The number of esters is 1. The van der Waals surface area contributed by atoms with Gasteiger partial charge in [0.1, 0.15) is 0 Å². The molecule has 9 heteroatoms. The fraction of sp³-hybridized carbons (Fsp3) is 0.143. The molecular weight excluding hydrogens is 422 g/mol. The average molecular weight is 440 g/mol. The van der Waals surface area contributed by atoms with E-state index in [-0.39, 0.29) is 11.5 Å². The molecule has 2 heterocycles. The van der Waals surface area contributed by atoms with Gasteiger partial charge in [-0.1, -0.05) is 12.1 Å². The first-order valence-electron chi connectivity index (χ1n) is 9.04. The Balaban J connectivity index is 1.35. The summed E-state index contributed by atoms with van der Waals surface area (Å²) in [6, 6.07) is 12.2. The summed E-state index contributed by atoms with van der Waals surface area (Å²) in [7, 11) is 0. The predicted octanol–water partition coefficient (Wildman–Crippen LogP) is 3.96. The highest BCUT2D eigenvalue weighted by Gasteiger charge is 2.18. The van der Waals surface area contributed by atoms with Crippen LogP contribution in [0.2, 0.25) is 0 Å². The summed E-state index contributed by atoms with van der Waals surface area (Å²) in [5.74, 6) is -0.853. The molecule has 0 radical (unpaired) electrons. The highest BCUT2D eigenvalue weighted by molar-refractivity contribution is 8.00. The van der Waals surface area contributed by atoms with Gasteiger partial charge in [0, 0.05) is 21.5 Å². The van der Waals surface area contributed by atoms with E-state index in [2.05, 4.69) is 15.6 Å².